The number of aromatic nitrogens is 4. The van der Waals surface area contributed by atoms with Crippen molar-refractivity contribution in [3.05, 3.63) is 46.0 Å². The zero-order chi connectivity index (χ0) is 14.3. The van der Waals surface area contributed by atoms with Gasteiger partial charge in [-0.05, 0) is 12.5 Å². The lowest BCUT2D eigenvalue weighted by Crippen LogP contribution is -1.97. The monoisotopic (exact) mass is 306 g/mol. The molecule has 0 aliphatic heterocycles. The molecule has 0 saturated heterocycles. The Balaban J connectivity index is 2.27. The number of halogens is 2. The first-order chi connectivity index (χ1) is 9.60. The SMILES string of the molecule is CCc1nc2nc(Cl)c(-c3ccc(C)cc3)c(Cl)n2n1. The molecule has 1 aromatic carbocycles. The van der Waals surface area contributed by atoms with Gasteiger partial charge in [-0.25, -0.2) is 0 Å². The summed E-state index contributed by atoms with van der Waals surface area (Å²) in [5, 5.41) is 5.09. The molecule has 20 heavy (non-hydrogen) atoms. The summed E-state index contributed by atoms with van der Waals surface area (Å²) in [7, 11) is 0. The van der Waals surface area contributed by atoms with Crippen LogP contribution < -0.4 is 0 Å². The minimum Gasteiger partial charge on any atom is -0.198 e. The van der Waals surface area contributed by atoms with Gasteiger partial charge >= 0.3 is 0 Å². The van der Waals surface area contributed by atoms with Crippen LogP contribution in [0.2, 0.25) is 10.3 Å². The molecular weight excluding hydrogens is 295 g/mol. The summed E-state index contributed by atoms with van der Waals surface area (Å²) in [6.45, 7) is 4.00. The molecule has 2 aromatic heterocycles. The molecule has 0 atom stereocenters. The van der Waals surface area contributed by atoms with Gasteiger partial charge in [0.1, 0.15) is 10.3 Å². The molecule has 6 heteroatoms. The minimum atomic E-state index is 0.335. The lowest BCUT2D eigenvalue weighted by Gasteiger charge is -2.07. The molecule has 0 amide bonds. The number of fused-ring (bicyclic) bond motifs is 1. The lowest BCUT2D eigenvalue weighted by atomic mass is 10.1. The number of rotatable bonds is 2. The van der Waals surface area contributed by atoms with Crippen LogP contribution in [0.5, 0.6) is 0 Å². The topological polar surface area (TPSA) is 43.1 Å². The molecule has 0 bridgehead atoms. The molecule has 102 valence electrons. The van der Waals surface area contributed by atoms with E-state index in [0.29, 0.717) is 27.5 Å². The summed E-state index contributed by atoms with van der Waals surface area (Å²) in [5.41, 5.74) is 2.76. The van der Waals surface area contributed by atoms with Crippen molar-refractivity contribution < 1.29 is 0 Å². The summed E-state index contributed by atoms with van der Waals surface area (Å²) in [6.07, 6.45) is 0.719. The maximum Gasteiger partial charge on any atom is 0.255 e. The Labute approximate surface area is 126 Å². The highest BCUT2D eigenvalue weighted by Gasteiger charge is 2.16. The summed E-state index contributed by atoms with van der Waals surface area (Å²) in [5.74, 6) is 1.12. The van der Waals surface area contributed by atoms with E-state index < -0.39 is 0 Å². The van der Waals surface area contributed by atoms with Crippen molar-refractivity contribution in [2.24, 2.45) is 0 Å². The predicted molar refractivity (Wildman–Crippen MR) is 80.4 cm³/mol. The van der Waals surface area contributed by atoms with E-state index in [0.717, 1.165) is 12.0 Å². The maximum atomic E-state index is 6.43. The Bertz CT molecular complexity index is 778. The Morgan fingerprint density at radius 1 is 1.10 bits per heavy atom. The van der Waals surface area contributed by atoms with E-state index >= 15 is 0 Å². The molecule has 4 nitrogen and oxygen atoms in total. The molecule has 0 spiro atoms. The molecule has 0 aliphatic carbocycles. The van der Waals surface area contributed by atoms with Crippen molar-refractivity contribution in [2.45, 2.75) is 20.3 Å². The predicted octanol–water partition coefficient (Wildman–Crippen LogP) is 3.97. The second-order valence-corrected chi connectivity index (χ2v) is 5.24. The van der Waals surface area contributed by atoms with E-state index in [4.69, 9.17) is 23.2 Å². The van der Waals surface area contributed by atoms with E-state index in [1.54, 1.807) is 0 Å². The average molecular weight is 307 g/mol. The standard InChI is InChI=1S/C14H12Cl2N4/c1-3-10-17-14-18-12(15)11(13(16)20(14)19-10)9-6-4-8(2)5-7-9/h4-7H,3H2,1-2H3. The zero-order valence-electron chi connectivity index (χ0n) is 11.1. The summed E-state index contributed by atoms with van der Waals surface area (Å²) >= 11 is 12.7. The second kappa shape index (κ2) is 5.04. The Kier molecular flexibility index (Phi) is 3.36. The van der Waals surface area contributed by atoms with Crippen molar-refractivity contribution in [2.75, 3.05) is 0 Å². The Morgan fingerprint density at radius 2 is 1.80 bits per heavy atom. The van der Waals surface area contributed by atoms with Crippen LogP contribution in [0, 0.1) is 6.92 Å². The fourth-order valence-electron chi connectivity index (χ4n) is 1.99. The molecule has 0 fully saturated rings. The van der Waals surface area contributed by atoms with Crippen molar-refractivity contribution in [1.82, 2.24) is 19.6 Å². The van der Waals surface area contributed by atoms with Crippen molar-refractivity contribution in [3.63, 3.8) is 0 Å². The van der Waals surface area contributed by atoms with E-state index in [-0.39, 0.29) is 0 Å². The Hall–Kier alpha value is -1.65. The van der Waals surface area contributed by atoms with E-state index in [2.05, 4.69) is 15.1 Å². The third kappa shape index (κ3) is 2.15. The van der Waals surface area contributed by atoms with Gasteiger partial charge in [-0.15, -0.1) is 5.10 Å². The highest BCUT2D eigenvalue weighted by atomic mass is 35.5. The summed E-state index contributed by atoms with van der Waals surface area (Å²) in [6, 6.07) is 7.94. The number of hydrogen-bond acceptors (Lipinski definition) is 3. The quantitative estimate of drug-likeness (QED) is 0.673. The van der Waals surface area contributed by atoms with Crippen LogP contribution in [-0.4, -0.2) is 19.6 Å². The maximum absolute atomic E-state index is 6.43. The number of hydrogen-bond donors (Lipinski definition) is 0. The van der Waals surface area contributed by atoms with Crippen LogP contribution in [0.3, 0.4) is 0 Å². The van der Waals surface area contributed by atoms with Gasteiger partial charge in [-0.3, -0.25) is 0 Å². The van der Waals surface area contributed by atoms with E-state index in [1.165, 1.54) is 10.1 Å². The van der Waals surface area contributed by atoms with Crippen molar-refractivity contribution >= 4 is 29.0 Å². The van der Waals surface area contributed by atoms with Crippen LogP contribution in [0.4, 0.5) is 0 Å². The highest BCUT2D eigenvalue weighted by Crippen LogP contribution is 2.33. The van der Waals surface area contributed by atoms with Crippen LogP contribution in [-0.2, 0) is 6.42 Å². The van der Waals surface area contributed by atoms with Gasteiger partial charge < -0.3 is 0 Å². The number of nitrogens with zero attached hydrogens (tertiary/aromatic N) is 4. The van der Waals surface area contributed by atoms with Crippen LogP contribution in [0.15, 0.2) is 24.3 Å². The normalized spacial score (nSPS) is 11.2. The zero-order valence-corrected chi connectivity index (χ0v) is 12.6. The molecule has 2 heterocycles. The fraction of sp³-hybridized carbons (Fsp3) is 0.214. The van der Waals surface area contributed by atoms with E-state index in [9.17, 15) is 0 Å². The van der Waals surface area contributed by atoms with Gasteiger partial charge in [0, 0.05) is 6.42 Å². The van der Waals surface area contributed by atoms with Gasteiger partial charge in [0.05, 0.1) is 5.56 Å². The van der Waals surface area contributed by atoms with Crippen LogP contribution in [0.25, 0.3) is 16.9 Å². The molecule has 0 radical (unpaired) electrons. The molecule has 3 aromatic rings. The van der Waals surface area contributed by atoms with Crippen molar-refractivity contribution in [3.8, 4) is 11.1 Å². The van der Waals surface area contributed by atoms with Gasteiger partial charge in [-0.1, -0.05) is 60.0 Å². The lowest BCUT2D eigenvalue weighted by molar-refractivity contribution is 0.881. The first kappa shape index (κ1) is 13.3. The molecule has 0 N–H and O–H groups in total. The van der Waals surface area contributed by atoms with Gasteiger partial charge in [-0.2, -0.15) is 14.5 Å². The van der Waals surface area contributed by atoms with E-state index in [1.807, 2.05) is 38.1 Å². The molecule has 0 saturated carbocycles. The second-order valence-electron chi connectivity index (χ2n) is 4.53. The van der Waals surface area contributed by atoms with Gasteiger partial charge in [0.15, 0.2) is 5.82 Å². The first-order valence-electron chi connectivity index (χ1n) is 6.28. The average Bonchev–Trinajstić information content (AvgIpc) is 2.84. The highest BCUT2D eigenvalue weighted by molar-refractivity contribution is 6.38. The molecule has 0 unspecified atom stereocenters. The molecular formula is C14H12Cl2N4. The minimum absolute atomic E-state index is 0.335. The smallest absolute Gasteiger partial charge is 0.198 e. The third-order valence-electron chi connectivity index (χ3n) is 3.09. The third-order valence-corrected chi connectivity index (χ3v) is 3.71. The van der Waals surface area contributed by atoms with Crippen LogP contribution >= 0.6 is 23.2 Å². The van der Waals surface area contributed by atoms with Crippen molar-refractivity contribution in [1.29, 1.82) is 0 Å². The largest absolute Gasteiger partial charge is 0.255 e. The Morgan fingerprint density at radius 3 is 2.45 bits per heavy atom. The number of aryl methyl sites for hydroxylation is 2. The van der Waals surface area contributed by atoms with Gasteiger partial charge in [0.25, 0.3) is 5.78 Å². The molecule has 3 rings (SSSR count). The van der Waals surface area contributed by atoms with Gasteiger partial charge in [0.2, 0.25) is 0 Å². The first-order valence-corrected chi connectivity index (χ1v) is 7.03. The molecule has 0 aliphatic rings. The van der Waals surface area contributed by atoms with Crippen LogP contribution in [0.1, 0.15) is 18.3 Å². The summed E-state index contributed by atoms with van der Waals surface area (Å²) < 4.78 is 1.53. The fourth-order valence-corrected chi connectivity index (χ4v) is 2.63. The summed E-state index contributed by atoms with van der Waals surface area (Å²) in [4.78, 5) is 8.55. The number of benzene rings is 1.